The van der Waals surface area contributed by atoms with Crippen molar-refractivity contribution in [3.63, 3.8) is 0 Å². The van der Waals surface area contributed by atoms with Crippen LogP contribution in [0.5, 0.6) is 0 Å². The molecule has 226 valence electrons. The number of nitrogens with one attached hydrogen (secondary N) is 2. The summed E-state index contributed by atoms with van der Waals surface area (Å²) >= 11 is 3.38. The van der Waals surface area contributed by atoms with E-state index in [9.17, 15) is 14.4 Å². The van der Waals surface area contributed by atoms with Crippen molar-refractivity contribution < 1.29 is 14.4 Å². The largest absolute Gasteiger partial charge is 0.325 e. The topological polar surface area (TPSA) is 135 Å². The van der Waals surface area contributed by atoms with E-state index in [1.807, 2.05) is 44.2 Å². The summed E-state index contributed by atoms with van der Waals surface area (Å²) in [5.74, 6) is 0.508. The van der Waals surface area contributed by atoms with E-state index in [-0.39, 0.29) is 35.6 Å². The van der Waals surface area contributed by atoms with Gasteiger partial charge in [0.15, 0.2) is 5.78 Å². The number of aryl methyl sites for hydroxylation is 2. The number of carbonyl (C=O) groups is 3. The second-order valence-electron chi connectivity index (χ2n) is 12.4. The summed E-state index contributed by atoms with van der Waals surface area (Å²) in [4.78, 5) is 55.3. The molecule has 3 atom stereocenters. The number of pyridine rings is 1. The number of Topliss-reactive ketones (excluding diaryl/α,β-unsaturated/α-hetero) is 1. The summed E-state index contributed by atoms with van der Waals surface area (Å²) in [7, 11) is 0. The number of nitrogens with zero attached hydrogens (tertiary/aromatic N) is 6. The van der Waals surface area contributed by atoms with E-state index >= 15 is 0 Å². The molecule has 0 spiro atoms. The molecule has 0 radical (unpaired) electrons. The maximum atomic E-state index is 14.1. The molecule has 7 rings (SSSR count). The third kappa shape index (κ3) is 5.30. The first kappa shape index (κ1) is 28.7. The minimum absolute atomic E-state index is 0.0317. The number of halogens is 1. The Morgan fingerprint density at radius 1 is 1.05 bits per heavy atom. The van der Waals surface area contributed by atoms with Crippen molar-refractivity contribution in [2.75, 3.05) is 11.9 Å². The molecule has 4 heterocycles. The fourth-order valence-corrected chi connectivity index (χ4v) is 6.74. The molecule has 2 saturated carbocycles. The zero-order valence-electron chi connectivity index (χ0n) is 24.8. The molecular formula is C32H33BrN8O3. The number of amides is 2. The minimum atomic E-state index is -0.635. The van der Waals surface area contributed by atoms with Crippen LogP contribution in [0, 0.1) is 19.3 Å². The van der Waals surface area contributed by atoms with Gasteiger partial charge in [0.2, 0.25) is 11.8 Å². The molecule has 2 amide bonds. The standard InChI is InChI=1S/C32H33BrN8O3/c1-17-4-9-27(33)37-30(17)38-31(44)25-11-32(16-36-22-6-7-22)12-26(32)41(25)28(43)15-40-24-8-5-20(21-13-34-19(3)35-14-21)10-23(24)29(39-40)18(2)42/h4-5,8-10,13-14,22,25-26,36H,6-7,11-12,15-16H2,1-3H3,(H,37,38,44)/t25-,26+,32-/m0/s1. The summed E-state index contributed by atoms with van der Waals surface area (Å²) in [6.07, 6.45) is 7.28. The third-order valence-corrected chi connectivity index (χ3v) is 9.56. The molecule has 1 aliphatic heterocycles. The number of fused-ring (bicyclic) bond motifs is 2. The van der Waals surface area contributed by atoms with Gasteiger partial charge in [-0.25, -0.2) is 15.0 Å². The van der Waals surface area contributed by atoms with Gasteiger partial charge in [0.25, 0.3) is 0 Å². The average Bonchev–Trinajstić information content (AvgIpc) is 3.90. The molecule has 3 aromatic heterocycles. The van der Waals surface area contributed by atoms with E-state index in [4.69, 9.17) is 0 Å². The normalized spacial score (nSPS) is 22.2. The van der Waals surface area contributed by atoms with Gasteiger partial charge in [-0.3, -0.25) is 19.1 Å². The number of aromatic nitrogens is 5. The molecule has 3 aliphatic rings. The van der Waals surface area contributed by atoms with Gasteiger partial charge < -0.3 is 15.5 Å². The SMILES string of the molecule is CC(=O)c1nn(CC(=O)N2[C@H](C(=O)Nc3nc(Br)ccc3C)C[C@@]3(CNC4CC4)C[C@@H]23)c2ccc(-c3cnc(C)nc3)cc12. The fourth-order valence-electron chi connectivity index (χ4n) is 6.43. The monoisotopic (exact) mass is 656 g/mol. The molecule has 1 saturated heterocycles. The van der Waals surface area contributed by atoms with E-state index < -0.39 is 6.04 Å². The Morgan fingerprint density at radius 2 is 1.82 bits per heavy atom. The van der Waals surface area contributed by atoms with Crippen molar-refractivity contribution >= 4 is 50.2 Å². The van der Waals surface area contributed by atoms with Crippen LogP contribution in [0.4, 0.5) is 5.82 Å². The molecule has 2 N–H and O–H groups in total. The van der Waals surface area contributed by atoms with Crippen LogP contribution in [0.2, 0.25) is 0 Å². The van der Waals surface area contributed by atoms with Gasteiger partial charge >= 0.3 is 0 Å². The highest BCUT2D eigenvalue weighted by Crippen LogP contribution is 2.59. The number of rotatable bonds is 9. The van der Waals surface area contributed by atoms with Crippen LogP contribution in [0.15, 0.2) is 47.3 Å². The maximum absolute atomic E-state index is 14.1. The Labute approximate surface area is 263 Å². The Kier molecular flexibility index (Phi) is 7.08. The first-order valence-corrected chi connectivity index (χ1v) is 15.7. The zero-order valence-corrected chi connectivity index (χ0v) is 26.4. The van der Waals surface area contributed by atoms with Gasteiger partial charge in [0, 0.05) is 54.3 Å². The van der Waals surface area contributed by atoms with Crippen molar-refractivity contribution in [3.05, 3.63) is 64.4 Å². The summed E-state index contributed by atoms with van der Waals surface area (Å²) in [6, 6.07) is 9.25. The quantitative estimate of drug-likeness (QED) is 0.202. The highest BCUT2D eigenvalue weighted by molar-refractivity contribution is 9.10. The van der Waals surface area contributed by atoms with Gasteiger partial charge in [0.05, 0.1) is 5.52 Å². The predicted molar refractivity (Wildman–Crippen MR) is 168 cm³/mol. The molecule has 1 aromatic carbocycles. The Hall–Kier alpha value is -4.03. The van der Waals surface area contributed by atoms with Crippen molar-refractivity contribution in [1.29, 1.82) is 0 Å². The van der Waals surface area contributed by atoms with Crippen molar-refractivity contribution in [3.8, 4) is 11.1 Å². The Morgan fingerprint density at radius 3 is 2.55 bits per heavy atom. The molecular weight excluding hydrogens is 624 g/mol. The first-order valence-electron chi connectivity index (χ1n) is 14.9. The summed E-state index contributed by atoms with van der Waals surface area (Å²) in [5, 5.41) is 11.9. The van der Waals surface area contributed by atoms with Crippen molar-refractivity contribution in [1.82, 2.24) is 34.9 Å². The Bertz CT molecular complexity index is 1820. The highest BCUT2D eigenvalue weighted by Gasteiger charge is 2.67. The average molecular weight is 658 g/mol. The number of anilines is 1. The van der Waals surface area contributed by atoms with Crippen LogP contribution in [0.3, 0.4) is 0 Å². The lowest BCUT2D eigenvalue weighted by Crippen LogP contribution is -2.47. The van der Waals surface area contributed by atoms with Crippen LogP contribution in [0.1, 0.15) is 54.5 Å². The maximum Gasteiger partial charge on any atom is 0.248 e. The number of hydrogen-bond acceptors (Lipinski definition) is 8. The molecule has 0 bridgehead atoms. The number of hydrogen-bond donors (Lipinski definition) is 2. The molecule has 2 aliphatic carbocycles. The molecule has 12 heteroatoms. The second-order valence-corrected chi connectivity index (χ2v) is 13.2. The minimum Gasteiger partial charge on any atom is -0.325 e. The third-order valence-electron chi connectivity index (χ3n) is 9.12. The highest BCUT2D eigenvalue weighted by atomic mass is 79.9. The molecule has 3 fully saturated rings. The van der Waals surface area contributed by atoms with E-state index in [0.717, 1.165) is 29.7 Å². The van der Waals surface area contributed by atoms with Gasteiger partial charge in [-0.05, 0) is 84.8 Å². The van der Waals surface area contributed by atoms with Crippen LogP contribution in [-0.2, 0) is 16.1 Å². The van der Waals surface area contributed by atoms with Crippen LogP contribution in [-0.4, -0.2) is 71.9 Å². The van der Waals surface area contributed by atoms with E-state index in [0.29, 0.717) is 45.3 Å². The lowest BCUT2D eigenvalue weighted by atomic mass is 9.99. The smallest absolute Gasteiger partial charge is 0.248 e. The van der Waals surface area contributed by atoms with Crippen molar-refractivity contribution in [2.45, 2.75) is 71.1 Å². The molecule has 0 unspecified atom stereocenters. The predicted octanol–water partition coefficient (Wildman–Crippen LogP) is 4.22. The molecule has 4 aromatic rings. The summed E-state index contributed by atoms with van der Waals surface area (Å²) < 4.78 is 2.21. The lowest BCUT2D eigenvalue weighted by molar-refractivity contribution is -0.138. The van der Waals surface area contributed by atoms with Gasteiger partial charge in [-0.15, -0.1) is 0 Å². The molecule has 11 nitrogen and oxygen atoms in total. The fraction of sp³-hybridized carbons (Fsp3) is 0.406. The molecule has 44 heavy (non-hydrogen) atoms. The van der Waals surface area contributed by atoms with Gasteiger partial charge in [0.1, 0.15) is 34.5 Å². The van der Waals surface area contributed by atoms with E-state index in [1.165, 1.54) is 19.8 Å². The summed E-state index contributed by atoms with van der Waals surface area (Å²) in [6.45, 7) is 5.88. The number of piperidine rings is 1. The van der Waals surface area contributed by atoms with Crippen molar-refractivity contribution in [2.24, 2.45) is 5.41 Å². The van der Waals surface area contributed by atoms with Crippen LogP contribution >= 0.6 is 15.9 Å². The Balaban J connectivity index is 1.18. The summed E-state index contributed by atoms with van der Waals surface area (Å²) in [5.41, 5.74) is 3.35. The second kappa shape index (κ2) is 10.8. The van der Waals surface area contributed by atoms with Gasteiger partial charge in [-0.2, -0.15) is 5.10 Å². The van der Waals surface area contributed by atoms with Gasteiger partial charge in [-0.1, -0.05) is 12.1 Å². The van der Waals surface area contributed by atoms with E-state index in [1.54, 1.807) is 22.0 Å². The van der Waals surface area contributed by atoms with Crippen LogP contribution < -0.4 is 10.6 Å². The lowest BCUT2D eigenvalue weighted by Gasteiger charge is -2.27. The number of carbonyl (C=O) groups excluding carboxylic acids is 3. The number of likely N-dealkylation sites (tertiary alicyclic amines) is 1. The number of benzene rings is 1. The van der Waals surface area contributed by atoms with Crippen LogP contribution in [0.25, 0.3) is 22.0 Å². The number of ketones is 1. The van der Waals surface area contributed by atoms with E-state index in [2.05, 4.69) is 46.6 Å². The first-order chi connectivity index (χ1) is 21.1. The zero-order chi connectivity index (χ0) is 30.7.